The minimum atomic E-state index is -1.54. The molecule has 60 heavy (non-hydrogen) atoms. The maximum Gasteiger partial charge on any atom is 0.251 e. The Morgan fingerprint density at radius 3 is 2.13 bits per heavy atom. The zero-order chi connectivity index (χ0) is 45.6. The summed E-state index contributed by atoms with van der Waals surface area (Å²) < 4.78 is 12.0. The molecule has 9 unspecified atom stereocenters. The number of nitrogens with one attached hydrogen (secondary N) is 2. The van der Waals surface area contributed by atoms with Crippen molar-refractivity contribution >= 4 is 18.7 Å². The van der Waals surface area contributed by atoms with Gasteiger partial charge in [-0.25, -0.2) is 0 Å². The predicted octanol–water partition coefficient (Wildman–Crippen LogP) is 6.61. The number of allylic oxidation sites excluding steroid dienone is 15. The number of nitrogens with zero attached hydrogens (tertiary/aromatic N) is 1. The summed E-state index contributed by atoms with van der Waals surface area (Å²) in [5.74, 6) is 0.472. The molecular weight excluding hydrogens is 765 g/mol. The quantitative estimate of drug-likeness (QED) is 0.00931. The van der Waals surface area contributed by atoms with Gasteiger partial charge in [0.15, 0.2) is 12.2 Å². The van der Waals surface area contributed by atoms with Gasteiger partial charge in [-0.05, 0) is 76.7 Å². The van der Waals surface area contributed by atoms with Gasteiger partial charge in [-0.15, -0.1) is 0 Å². The number of carbonyl (C=O) groups excluding carboxylic acids is 2. The second-order valence-corrected chi connectivity index (χ2v) is 15.3. The highest BCUT2D eigenvalue weighted by Crippen LogP contribution is 2.28. The van der Waals surface area contributed by atoms with Crippen LogP contribution >= 0.6 is 0 Å². The van der Waals surface area contributed by atoms with Crippen LogP contribution in [0.2, 0.25) is 0 Å². The molecule has 1 fully saturated rings. The maximum atomic E-state index is 12.3. The number of aliphatic hydroxyl groups is 5. The molecule has 1 rings (SSSR count). The average Bonchev–Trinajstić information content (AvgIpc) is 3.22. The summed E-state index contributed by atoms with van der Waals surface area (Å²) in [7, 11) is 1.83. The highest BCUT2D eigenvalue weighted by atomic mass is 16.7. The van der Waals surface area contributed by atoms with Crippen LogP contribution in [0.15, 0.2) is 108 Å². The number of nitrogens with two attached hydrogens (primary N) is 1. The van der Waals surface area contributed by atoms with Crippen LogP contribution < -0.4 is 11.1 Å². The van der Waals surface area contributed by atoms with Gasteiger partial charge in [0.2, 0.25) is 0 Å². The van der Waals surface area contributed by atoms with Crippen molar-refractivity contribution in [2.75, 3.05) is 20.2 Å². The molecule has 0 aromatic rings. The lowest BCUT2D eigenvalue weighted by Gasteiger charge is -2.41. The van der Waals surface area contributed by atoms with Crippen molar-refractivity contribution in [2.45, 2.75) is 130 Å². The minimum absolute atomic E-state index is 0.0945. The number of ether oxygens (including phenoxy) is 2. The molecule has 1 aliphatic rings. The Labute approximate surface area is 359 Å². The summed E-state index contributed by atoms with van der Waals surface area (Å²) in [5, 5.41) is 61.0. The first-order valence-corrected chi connectivity index (χ1v) is 20.9. The lowest BCUT2D eigenvalue weighted by Crippen LogP contribution is -2.60. The van der Waals surface area contributed by atoms with E-state index in [2.05, 4.69) is 49.5 Å². The van der Waals surface area contributed by atoms with Gasteiger partial charge in [0.05, 0.1) is 18.4 Å². The third-order valence-corrected chi connectivity index (χ3v) is 9.90. The van der Waals surface area contributed by atoms with E-state index >= 15 is 0 Å². The van der Waals surface area contributed by atoms with Gasteiger partial charge in [-0.3, -0.25) is 10.2 Å². The number of amides is 1. The third-order valence-electron chi connectivity index (χ3n) is 9.90. The van der Waals surface area contributed by atoms with E-state index in [9.17, 15) is 30.3 Å². The fourth-order valence-electron chi connectivity index (χ4n) is 6.10. The van der Waals surface area contributed by atoms with Crippen molar-refractivity contribution in [2.24, 2.45) is 23.5 Å². The van der Waals surface area contributed by atoms with E-state index < -0.39 is 43.4 Å². The number of hydrogen-bond donors (Lipinski definition) is 8. The van der Waals surface area contributed by atoms with Gasteiger partial charge < -0.3 is 55.8 Å². The molecule has 1 aliphatic heterocycles. The topological polar surface area (TPSA) is 219 Å². The largest absolute Gasteiger partial charge is 0.511 e. The summed E-state index contributed by atoms with van der Waals surface area (Å²) in [6, 6.07) is 0. The molecule has 13 nitrogen and oxygen atoms in total. The predicted molar refractivity (Wildman–Crippen MR) is 242 cm³/mol. The average molecular weight is 841 g/mol. The van der Waals surface area contributed by atoms with Crippen LogP contribution in [0.5, 0.6) is 0 Å². The molecule has 9 N–H and O–H groups in total. The van der Waals surface area contributed by atoms with E-state index in [-0.39, 0.29) is 29.5 Å². The second-order valence-electron chi connectivity index (χ2n) is 15.3. The van der Waals surface area contributed by atoms with E-state index in [4.69, 9.17) is 25.4 Å². The van der Waals surface area contributed by atoms with E-state index in [0.29, 0.717) is 23.6 Å². The number of carbonyl (C=O) groups is 2. The smallest absolute Gasteiger partial charge is 0.251 e. The molecule has 0 spiro atoms. The minimum Gasteiger partial charge on any atom is -0.511 e. The molecule has 13 heteroatoms. The standard InChI is InChI=1S/C46H74N4O8.CH2O/c1-9-38(52)37(7)49-44(56)35(5)28-22-14-12-10-11-13-21-27-34(4)43(58-45-42(55)41(54)40(53)39(31-51)57-45)36(6)30-33(3)26-20-17-19-25-32(2)24-18-15-16-23-29-50(8)46(47)48;1-2/h10-15,18-19,21-22,25,27-28,30,32-34,39-43,45,51-55H,9,16-17,20,23-24,26,29,31H2,1-8H3,(H3,47,48)(H,49,56);1H2/b12-10+,13-11+,18-15+,22-14+,25-19+,27-21+,35-28+,36-30+,38-37-;. The third kappa shape index (κ3) is 22.8. The Kier molecular flexibility index (Phi) is 30.0. The molecule has 1 saturated heterocycles. The Morgan fingerprint density at radius 2 is 1.52 bits per heavy atom. The van der Waals surface area contributed by atoms with Gasteiger partial charge in [-0.1, -0.05) is 113 Å². The Bertz CT molecular complexity index is 1530. The molecule has 1 heterocycles. The summed E-state index contributed by atoms with van der Waals surface area (Å²) in [6.45, 7) is 15.7. The molecular formula is C47H76N4O9. The first kappa shape index (κ1) is 55.6. The Balaban J connectivity index is 0.0000171. The highest BCUT2D eigenvalue weighted by molar-refractivity contribution is 5.94. The zero-order valence-corrected chi connectivity index (χ0v) is 37.2. The van der Waals surface area contributed by atoms with Crippen molar-refractivity contribution in [1.29, 1.82) is 5.41 Å². The summed E-state index contributed by atoms with van der Waals surface area (Å²) in [4.78, 5) is 22.0. The van der Waals surface area contributed by atoms with Crippen LogP contribution in [-0.2, 0) is 19.1 Å². The summed E-state index contributed by atoms with van der Waals surface area (Å²) in [5.41, 5.74) is 7.35. The van der Waals surface area contributed by atoms with Gasteiger partial charge in [0.1, 0.15) is 37.0 Å². The molecule has 0 aromatic heterocycles. The van der Waals surface area contributed by atoms with Crippen LogP contribution in [0, 0.1) is 23.2 Å². The van der Waals surface area contributed by atoms with Crippen LogP contribution in [0.3, 0.4) is 0 Å². The fourth-order valence-corrected chi connectivity index (χ4v) is 6.10. The molecule has 0 saturated carbocycles. The fraction of sp³-hybridized carbons (Fsp3) is 0.553. The van der Waals surface area contributed by atoms with Gasteiger partial charge in [-0.2, -0.15) is 0 Å². The van der Waals surface area contributed by atoms with Gasteiger partial charge in [0, 0.05) is 31.5 Å². The van der Waals surface area contributed by atoms with Crippen molar-refractivity contribution < 1.29 is 44.6 Å². The number of unbranched alkanes of at least 4 members (excludes halogenated alkanes) is 2. The highest BCUT2D eigenvalue weighted by Gasteiger charge is 2.45. The van der Waals surface area contributed by atoms with E-state index in [1.165, 1.54) is 0 Å². The van der Waals surface area contributed by atoms with E-state index in [1.54, 1.807) is 43.9 Å². The van der Waals surface area contributed by atoms with Gasteiger partial charge >= 0.3 is 0 Å². The molecule has 0 aromatic carbocycles. The van der Waals surface area contributed by atoms with Crippen LogP contribution in [-0.4, -0.2) is 106 Å². The number of rotatable bonds is 25. The van der Waals surface area contributed by atoms with Crippen molar-refractivity contribution in [3.63, 3.8) is 0 Å². The van der Waals surface area contributed by atoms with Crippen LogP contribution in [0.4, 0.5) is 0 Å². The Hall–Kier alpha value is -4.37. The summed E-state index contributed by atoms with van der Waals surface area (Å²) >= 11 is 0. The molecule has 9 atom stereocenters. The molecule has 0 bridgehead atoms. The van der Waals surface area contributed by atoms with Gasteiger partial charge in [0.25, 0.3) is 5.91 Å². The summed E-state index contributed by atoms with van der Waals surface area (Å²) in [6.07, 6.45) is 26.6. The van der Waals surface area contributed by atoms with E-state index in [1.807, 2.05) is 64.1 Å². The van der Waals surface area contributed by atoms with Crippen molar-refractivity contribution in [3.8, 4) is 0 Å². The van der Waals surface area contributed by atoms with Crippen LogP contribution in [0.1, 0.15) is 93.4 Å². The number of aliphatic hydroxyl groups excluding tert-OH is 5. The maximum absolute atomic E-state index is 12.3. The van der Waals surface area contributed by atoms with Crippen molar-refractivity contribution in [3.05, 3.63) is 108 Å². The zero-order valence-electron chi connectivity index (χ0n) is 37.2. The van der Waals surface area contributed by atoms with Crippen LogP contribution in [0.25, 0.3) is 0 Å². The molecule has 1 amide bonds. The molecule has 0 radical (unpaired) electrons. The molecule has 0 aliphatic carbocycles. The first-order valence-electron chi connectivity index (χ1n) is 20.9. The van der Waals surface area contributed by atoms with E-state index in [0.717, 1.165) is 50.6 Å². The Morgan fingerprint density at radius 1 is 0.900 bits per heavy atom. The first-order chi connectivity index (χ1) is 28.5. The lowest BCUT2D eigenvalue weighted by molar-refractivity contribution is -0.310. The van der Waals surface area contributed by atoms with Crippen molar-refractivity contribution in [1.82, 2.24) is 10.2 Å². The second kappa shape index (κ2) is 32.4. The SMILES string of the molecule is C=O.CC/C(O)=C(\C)NC(=O)/C(C)=C/C=C/C=C/C=C/C=C/C(C)C(OC1OC(CO)C(O)C(O)C1O)/C(C)=C/C(C)CCC/C=C/C(C)C/C=C/CCCN(C)C(=N)N. The lowest BCUT2D eigenvalue weighted by atomic mass is 9.92. The number of hydrogen-bond acceptors (Lipinski definition) is 10. The number of guanidine groups is 1. The monoisotopic (exact) mass is 841 g/mol. The molecule has 338 valence electrons. The normalized spacial score (nSPS) is 23.0.